The molecule has 0 saturated carbocycles. The van der Waals surface area contributed by atoms with Gasteiger partial charge in [0.1, 0.15) is 0 Å². The molecule has 0 aliphatic heterocycles. The first-order valence-corrected chi connectivity index (χ1v) is 5.23. The highest BCUT2D eigenvalue weighted by molar-refractivity contribution is 7.96. The fourth-order valence-corrected chi connectivity index (χ4v) is 1.54. The summed E-state index contributed by atoms with van der Waals surface area (Å²) in [4.78, 5) is 0. The summed E-state index contributed by atoms with van der Waals surface area (Å²) in [5.41, 5.74) is 8.11. The van der Waals surface area contributed by atoms with Crippen LogP contribution in [0.4, 0.5) is 0 Å². The smallest absolute Gasteiger partial charge is 0.00437 e. The van der Waals surface area contributed by atoms with Crippen molar-refractivity contribution in [2.24, 2.45) is 11.7 Å². The fraction of sp³-hybridized carbons (Fsp3) is 0.667. The molecule has 0 radical (unpaired) electrons. The summed E-state index contributed by atoms with van der Waals surface area (Å²) in [5.74, 6) is 5.50. The monoisotopic (exact) mass is 173 g/mol. The second-order valence-corrected chi connectivity index (χ2v) is 3.95. The van der Waals surface area contributed by atoms with Gasteiger partial charge in [-0.05, 0) is 30.6 Å². The van der Waals surface area contributed by atoms with E-state index in [1.807, 2.05) is 6.92 Å². The molecule has 0 aromatic heterocycles. The lowest BCUT2D eigenvalue weighted by atomic mass is 9.99. The molecule has 2 heteroatoms. The minimum absolute atomic E-state index is 0.585. The molecule has 1 nitrogen and oxygen atoms in total. The molecule has 0 aromatic carbocycles. The Labute approximate surface area is 73.6 Å². The second-order valence-electron chi connectivity index (χ2n) is 3.06. The quantitative estimate of drug-likeness (QED) is 0.494. The number of rotatable bonds is 4. The Morgan fingerprint density at radius 3 is 2.36 bits per heavy atom. The van der Waals surface area contributed by atoms with Crippen molar-refractivity contribution in [2.45, 2.75) is 27.2 Å². The normalized spacial score (nSPS) is 13.5. The Morgan fingerprint density at radius 2 is 2.09 bits per heavy atom. The Morgan fingerprint density at radius 1 is 1.55 bits per heavy atom. The van der Waals surface area contributed by atoms with Crippen molar-refractivity contribution in [2.75, 3.05) is 5.75 Å². The van der Waals surface area contributed by atoms with Crippen molar-refractivity contribution < 1.29 is 0 Å². The molecular weight excluding hydrogens is 154 g/mol. The van der Waals surface area contributed by atoms with Crippen molar-refractivity contribution in [3.63, 3.8) is 0 Å². The molecule has 0 aliphatic rings. The average molecular weight is 173 g/mol. The number of hydrogen-bond acceptors (Lipinski definition) is 1. The topological polar surface area (TPSA) is 26.0 Å². The highest BCUT2D eigenvalue weighted by Crippen LogP contribution is 2.16. The maximum atomic E-state index is 5.73. The molecule has 0 spiro atoms. The number of allylic oxidation sites excluding steroid dienone is 2. The van der Waals surface area contributed by atoms with Gasteiger partial charge in [0.2, 0.25) is 0 Å². The summed E-state index contributed by atoms with van der Waals surface area (Å²) in [6, 6.07) is 0. The van der Waals surface area contributed by atoms with Crippen molar-refractivity contribution in [1.29, 1.82) is 0 Å². The van der Waals surface area contributed by atoms with E-state index in [1.54, 1.807) is 0 Å². The molecular formula is C9H19NS. The summed E-state index contributed by atoms with van der Waals surface area (Å²) in [5, 5.41) is 0. The molecule has 0 atom stereocenters. The Kier molecular flexibility index (Phi) is 5.30. The lowest BCUT2D eigenvalue weighted by molar-refractivity contribution is 0.719. The first-order chi connectivity index (χ1) is 5.09. The number of nitrogens with two attached hydrogens (primary N) is 1. The summed E-state index contributed by atoms with van der Waals surface area (Å²) in [6.45, 7) is 6.35. The van der Waals surface area contributed by atoms with E-state index in [-0.39, 0.29) is 0 Å². The van der Waals surface area contributed by atoms with Crippen molar-refractivity contribution in [1.82, 2.24) is 0 Å². The van der Waals surface area contributed by atoms with E-state index in [2.05, 4.69) is 19.7 Å². The average Bonchev–Trinajstić information content (AvgIpc) is 1.87. The largest absolute Gasteiger partial charge is 0.402 e. The van der Waals surface area contributed by atoms with E-state index in [4.69, 9.17) is 5.73 Å². The zero-order valence-electron chi connectivity index (χ0n) is 7.72. The molecule has 2 N–H and O–H groups in total. The van der Waals surface area contributed by atoms with Crippen LogP contribution in [-0.4, -0.2) is 11.6 Å². The summed E-state index contributed by atoms with van der Waals surface area (Å²) in [7, 11) is 0. The van der Waals surface area contributed by atoms with Crippen LogP contribution in [0.3, 0.4) is 0 Å². The molecule has 0 amide bonds. The van der Waals surface area contributed by atoms with Crippen LogP contribution >= 0.6 is 11.4 Å². The van der Waals surface area contributed by atoms with Crippen LogP contribution in [0.25, 0.3) is 0 Å². The van der Waals surface area contributed by atoms with Gasteiger partial charge in [-0.3, -0.25) is 0 Å². The highest BCUT2D eigenvalue weighted by Gasteiger charge is 2.03. The molecule has 0 aromatic rings. The molecule has 0 fully saturated rings. The molecule has 66 valence electrons. The van der Waals surface area contributed by atoms with Gasteiger partial charge in [-0.15, -0.1) is 0 Å². The zero-order chi connectivity index (χ0) is 8.85. The van der Waals surface area contributed by atoms with E-state index in [0.29, 0.717) is 5.92 Å². The van der Waals surface area contributed by atoms with Crippen molar-refractivity contribution in [3.8, 4) is 0 Å². The van der Waals surface area contributed by atoms with Crippen LogP contribution < -0.4 is 5.73 Å². The minimum atomic E-state index is 0.585. The third kappa shape index (κ3) is 4.25. The third-order valence-corrected chi connectivity index (χ3v) is 2.28. The van der Waals surface area contributed by atoms with Gasteiger partial charge >= 0.3 is 0 Å². The Balaban J connectivity index is 4.13. The first-order valence-electron chi connectivity index (χ1n) is 3.97. The summed E-state index contributed by atoms with van der Waals surface area (Å²) in [6.07, 6.45) is 1.10. The second kappa shape index (κ2) is 5.42. The predicted molar refractivity (Wildman–Crippen MR) is 57.3 cm³/mol. The van der Waals surface area contributed by atoms with Crippen molar-refractivity contribution in [3.05, 3.63) is 11.3 Å². The molecule has 0 heterocycles. The maximum absolute atomic E-state index is 5.73. The van der Waals surface area contributed by atoms with E-state index < -0.39 is 0 Å². The van der Waals surface area contributed by atoms with Gasteiger partial charge in [0.15, 0.2) is 0 Å². The van der Waals surface area contributed by atoms with Crippen LogP contribution in [0, 0.1) is 5.92 Å². The molecule has 0 unspecified atom stereocenters. The molecule has 0 bridgehead atoms. The SMILES string of the molecule is C=[SH]CC/C(=C(/C)N)C(C)C. The van der Waals surface area contributed by atoms with Crippen LogP contribution in [-0.2, 0) is 0 Å². The van der Waals surface area contributed by atoms with Crippen LogP contribution in [0.15, 0.2) is 11.3 Å². The maximum Gasteiger partial charge on any atom is 0.00437 e. The third-order valence-electron chi connectivity index (χ3n) is 1.74. The lowest BCUT2D eigenvalue weighted by Crippen LogP contribution is -2.05. The number of thiol groups is 1. The Hall–Kier alpha value is -0.240. The van der Waals surface area contributed by atoms with Crippen LogP contribution in [0.2, 0.25) is 0 Å². The van der Waals surface area contributed by atoms with Gasteiger partial charge in [-0.1, -0.05) is 19.7 Å². The van der Waals surface area contributed by atoms with Gasteiger partial charge < -0.3 is 5.73 Å². The molecule has 0 rings (SSSR count). The molecule has 11 heavy (non-hydrogen) atoms. The van der Waals surface area contributed by atoms with E-state index in [1.165, 1.54) is 16.9 Å². The van der Waals surface area contributed by atoms with E-state index >= 15 is 0 Å². The molecule has 0 saturated heterocycles. The zero-order valence-corrected chi connectivity index (χ0v) is 8.62. The predicted octanol–water partition coefficient (Wildman–Crippen LogP) is 2.16. The van der Waals surface area contributed by atoms with Gasteiger partial charge in [-0.25, -0.2) is 11.4 Å². The van der Waals surface area contributed by atoms with Gasteiger partial charge in [0.05, 0.1) is 0 Å². The highest BCUT2D eigenvalue weighted by atomic mass is 32.1. The van der Waals surface area contributed by atoms with E-state index in [9.17, 15) is 0 Å². The first kappa shape index (κ1) is 10.8. The minimum Gasteiger partial charge on any atom is -0.402 e. The Bertz CT molecular complexity index is 155. The van der Waals surface area contributed by atoms with Gasteiger partial charge in [0.25, 0.3) is 0 Å². The van der Waals surface area contributed by atoms with Gasteiger partial charge in [0, 0.05) is 5.70 Å². The van der Waals surface area contributed by atoms with Gasteiger partial charge in [-0.2, -0.15) is 0 Å². The van der Waals surface area contributed by atoms with Crippen LogP contribution in [0.1, 0.15) is 27.2 Å². The van der Waals surface area contributed by atoms with Crippen LogP contribution in [0.5, 0.6) is 0 Å². The summed E-state index contributed by atoms with van der Waals surface area (Å²) < 4.78 is 0. The molecule has 0 aliphatic carbocycles. The fourth-order valence-electron chi connectivity index (χ4n) is 1.14. The standard InChI is InChI=1S/C9H19NS/c1-7(2)9(8(3)10)5-6-11-4/h7,11H,4-6,10H2,1-3H3/b9-8+. The van der Waals surface area contributed by atoms with Crippen molar-refractivity contribution >= 4 is 17.2 Å². The van der Waals surface area contributed by atoms with E-state index in [0.717, 1.165) is 17.9 Å². The summed E-state index contributed by atoms with van der Waals surface area (Å²) >= 11 is 1.21. The number of hydrogen-bond donors (Lipinski definition) is 2. The lowest BCUT2D eigenvalue weighted by Gasteiger charge is -2.11.